The monoisotopic (exact) mass is 645 g/mol. The van der Waals surface area contributed by atoms with Gasteiger partial charge in [-0.15, -0.1) is 0 Å². The zero-order valence-electron chi connectivity index (χ0n) is 26.7. The zero-order valence-corrected chi connectivity index (χ0v) is 27.5. The van der Waals surface area contributed by atoms with Crippen molar-refractivity contribution in [2.75, 3.05) is 5.32 Å². The van der Waals surface area contributed by atoms with E-state index >= 15 is 0 Å². The summed E-state index contributed by atoms with van der Waals surface area (Å²) in [5.74, 6) is 1.20. The summed E-state index contributed by atoms with van der Waals surface area (Å²) in [4.78, 5) is 11.8. The van der Waals surface area contributed by atoms with Crippen LogP contribution < -0.4 is 5.32 Å². The second-order valence-corrected chi connectivity index (χ2v) is 14.2. The van der Waals surface area contributed by atoms with E-state index in [-0.39, 0.29) is 0 Å². The Bertz CT molecular complexity index is 2580. The number of anilines is 1. The molecule has 0 radical (unpaired) electrons. The molecule has 2 unspecified atom stereocenters. The van der Waals surface area contributed by atoms with Gasteiger partial charge in [-0.05, 0) is 74.5 Å². The minimum absolute atomic E-state index is 0.330. The predicted molar refractivity (Wildman–Crippen MR) is 208 cm³/mol. The van der Waals surface area contributed by atoms with E-state index in [1.54, 1.807) is 0 Å². The Balaban J connectivity index is 1.11. The summed E-state index contributed by atoms with van der Waals surface area (Å²) in [5.41, 5.74) is 6.23. The molecule has 7 aromatic carbocycles. The second-order valence-electron chi connectivity index (χ2n) is 13.0. The minimum atomic E-state index is 0.330. The first-order valence-electron chi connectivity index (χ1n) is 16.9. The van der Waals surface area contributed by atoms with Crippen LogP contribution in [0.2, 0.25) is 0 Å². The summed E-state index contributed by atoms with van der Waals surface area (Å²) in [6, 6.07) is 48.0. The Labute approximate surface area is 289 Å². The van der Waals surface area contributed by atoms with Gasteiger partial charge in [0.1, 0.15) is 0 Å². The van der Waals surface area contributed by atoms with E-state index in [9.17, 15) is 0 Å². The summed E-state index contributed by atoms with van der Waals surface area (Å²) in [7, 11) is 0. The van der Waals surface area contributed by atoms with Gasteiger partial charge in [-0.3, -0.25) is 0 Å². The van der Waals surface area contributed by atoms with Crippen LogP contribution in [0, 0.1) is 5.92 Å². The standard InChI is InChI=1S/C45H31N3S/c1-2-10-31(11-3-1)45-48-43-41(49-45)23-21-30-16-17-34-26-37(20-22-38(34)42(30)43)44-46-39(35-18-14-28-8-4-6-12-32(28)24-35)27-40(47-44)36-19-15-29-9-5-7-13-33(29)25-36/h1-10,12-27,31,45,48H,11H2. The lowest BCUT2D eigenvalue weighted by atomic mass is 9.97. The SMILES string of the molecule is C1=CCC(C2Nc3c(ccc4ccc5cc(-c6nc(-c7ccc8ccccc8c7)cc(-c7ccc8ccccc8c7)n6)ccc5c34)S2)C=C1. The highest BCUT2D eigenvalue weighted by Gasteiger charge is 2.29. The Kier molecular flexibility index (Phi) is 6.63. The lowest BCUT2D eigenvalue weighted by molar-refractivity contribution is 0.662. The highest BCUT2D eigenvalue weighted by molar-refractivity contribution is 8.00. The average Bonchev–Trinajstić information content (AvgIpc) is 3.62. The molecule has 1 N–H and O–H groups in total. The van der Waals surface area contributed by atoms with Crippen LogP contribution in [0.15, 0.2) is 163 Å². The molecule has 232 valence electrons. The number of hydrogen-bond acceptors (Lipinski definition) is 4. The molecule has 2 aliphatic rings. The highest BCUT2D eigenvalue weighted by atomic mass is 32.2. The number of nitrogens with zero attached hydrogens (tertiary/aromatic N) is 2. The van der Waals surface area contributed by atoms with E-state index < -0.39 is 0 Å². The van der Waals surface area contributed by atoms with Crippen LogP contribution in [0.4, 0.5) is 5.69 Å². The van der Waals surface area contributed by atoms with Crippen LogP contribution in [0.3, 0.4) is 0 Å². The molecule has 49 heavy (non-hydrogen) atoms. The van der Waals surface area contributed by atoms with Gasteiger partial charge in [0.15, 0.2) is 5.82 Å². The molecule has 0 saturated carbocycles. The quantitative estimate of drug-likeness (QED) is 0.193. The van der Waals surface area contributed by atoms with Gasteiger partial charge in [-0.1, -0.05) is 139 Å². The molecule has 1 aromatic heterocycles. The topological polar surface area (TPSA) is 37.8 Å². The Hall–Kier alpha value is -5.71. The summed E-state index contributed by atoms with van der Waals surface area (Å²) in [6.45, 7) is 0. The molecule has 2 heterocycles. The fraction of sp³-hybridized carbons (Fsp3) is 0.0667. The third-order valence-electron chi connectivity index (χ3n) is 9.98. The molecule has 1 aliphatic carbocycles. The molecular formula is C45H31N3S. The molecule has 0 amide bonds. The van der Waals surface area contributed by atoms with E-state index in [2.05, 4.69) is 163 Å². The molecule has 3 nitrogen and oxygen atoms in total. The van der Waals surface area contributed by atoms with E-state index in [4.69, 9.17) is 9.97 Å². The van der Waals surface area contributed by atoms with Gasteiger partial charge in [0, 0.05) is 32.9 Å². The maximum atomic E-state index is 5.22. The van der Waals surface area contributed by atoms with Crippen molar-refractivity contribution in [3.8, 4) is 33.9 Å². The van der Waals surface area contributed by atoms with Crippen molar-refractivity contribution in [1.82, 2.24) is 9.97 Å². The Morgan fingerprint density at radius 3 is 1.86 bits per heavy atom. The number of nitrogens with one attached hydrogen (secondary N) is 1. The van der Waals surface area contributed by atoms with Crippen LogP contribution in [0.25, 0.3) is 77.0 Å². The van der Waals surface area contributed by atoms with Crippen LogP contribution in [-0.4, -0.2) is 15.3 Å². The van der Waals surface area contributed by atoms with E-state index in [1.807, 2.05) is 11.8 Å². The van der Waals surface area contributed by atoms with E-state index in [0.29, 0.717) is 11.3 Å². The fourth-order valence-corrected chi connectivity index (χ4v) is 8.67. The predicted octanol–water partition coefficient (Wildman–Crippen LogP) is 12.1. The van der Waals surface area contributed by atoms with Crippen molar-refractivity contribution in [3.05, 3.63) is 158 Å². The Morgan fingerprint density at radius 2 is 1.16 bits per heavy atom. The van der Waals surface area contributed by atoms with Crippen LogP contribution >= 0.6 is 11.8 Å². The fourth-order valence-electron chi connectivity index (χ4n) is 7.41. The maximum Gasteiger partial charge on any atom is 0.160 e. The van der Waals surface area contributed by atoms with Crippen molar-refractivity contribution in [3.63, 3.8) is 0 Å². The first kappa shape index (κ1) is 28.3. The number of hydrogen-bond donors (Lipinski definition) is 1. The van der Waals surface area contributed by atoms with Crippen molar-refractivity contribution < 1.29 is 0 Å². The third-order valence-corrected chi connectivity index (χ3v) is 11.3. The molecule has 4 heteroatoms. The second kappa shape index (κ2) is 11.5. The van der Waals surface area contributed by atoms with Gasteiger partial charge in [0.05, 0.1) is 22.4 Å². The average molecular weight is 646 g/mol. The van der Waals surface area contributed by atoms with E-state index in [1.165, 1.54) is 53.7 Å². The number of rotatable bonds is 4. The first-order valence-corrected chi connectivity index (χ1v) is 17.8. The zero-order chi connectivity index (χ0) is 32.3. The molecular weight excluding hydrogens is 615 g/mol. The van der Waals surface area contributed by atoms with Gasteiger partial charge >= 0.3 is 0 Å². The lowest BCUT2D eigenvalue weighted by Gasteiger charge is -2.20. The Morgan fingerprint density at radius 1 is 0.551 bits per heavy atom. The van der Waals surface area contributed by atoms with Crippen molar-refractivity contribution in [1.29, 1.82) is 0 Å². The van der Waals surface area contributed by atoms with Crippen molar-refractivity contribution in [2.24, 2.45) is 5.92 Å². The number of aromatic nitrogens is 2. The number of thioether (sulfide) groups is 1. The summed E-state index contributed by atoms with van der Waals surface area (Å²) >= 11 is 1.95. The molecule has 10 rings (SSSR count). The summed E-state index contributed by atoms with van der Waals surface area (Å²) in [6.07, 6.45) is 10.00. The van der Waals surface area contributed by atoms with Crippen molar-refractivity contribution >= 4 is 60.5 Å². The van der Waals surface area contributed by atoms with Crippen LogP contribution in [0.1, 0.15) is 6.42 Å². The van der Waals surface area contributed by atoms with Gasteiger partial charge in [-0.2, -0.15) is 0 Å². The molecule has 8 aromatic rings. The lowest BCUT2D eigenvalue weighted by Crippen LogP contribution is -2.21. The van der Waals surface area contributed by atoms with Crippen LogP contribution in [0.5, 0.6) is 0 Å². The summed E-state index contributed by atoms with van der Waals surface area (Å²) in [5, 5.41) is 14.0. The number of benzene rings is 7. The largest absolute Gasteiger partial charge is 0.371 e. The van der Waals surface area contributed by atoms with Crippen molar-refractivity contribution in [2.45, 2.75) is 16.7 Å². The number of fused-ring (bicyclic) bond motifs is 7. The van der Waals surface area contributed by atoms with Gasteiger partial charge in [0.25, 0.3) is 0 Å². The molecule has 0 saturated heterocycles. The molecule has 2 atom stereocenters. The van der Waals surface area contributed by atoms with E-state index in [0.717, 1.165) is 40.3 Å². The van der Waals surface area contributed by atoms with Gasteiger partial charge < -0.3 is 5.32 Å². The molecule has 0 fully saturated rings. The molecule has 0 bridgehead atoms. The normalized spacial score (nSPS) is 16.8. The molecule has 0 spiro atoms. The maximum absolute atomic E-state index is 5.22. The van der Waals surface area contributed by atoms with Gasteiger partial charge in [0.2, 0.25) is 0 Å². The molecule has 1 aliphatic heterocycles. The number of allylic oxidation sites excluding steroid dienone is 3. The summed E-state index contributed by atoms with van der Waals surface area (Å²) < 4.78 is 0. The third kappa shape index (κ3) is 4.99. The van der Waals surface area contributed by atoms with Gasteiger partial charge in [-0.25, -0.2) is 9.97 Å². The smallest absolute Gasteiger partial charge is 0.160 e. The first-order chi connectivity index (χ1) is 24.2. The minimum Gasteiger partial charge on any atom is -0.371 e. The highest BCUT2D eigenvalue weighted by Crippen LogP contribution is 2.48. The van der Waals surface area contributed by atoms with Crippen LogP contribution in [-0.2, 0) is 0 Å².